The lowest BCUT2D eigenvalue weighted by atomic mass is 9.88. The molecule has 14 heavy (non-hydrogen) atoms. The van der Waals surface area contributed by atoms with E-state index in [1.807, 2.05) is 5.38 Å². The smallest absolute Gasteiger partial charge is 0.266 e. The molecular weight excluding hydrogens is 196 g/mol. The van der Waals surface area contributed by atoms with Gasteiger partial charge in [0.25, 0.3) is 5.91 Å². The van der Waals surface area contributed by atoms with Crippen LogP contribution >= 0.6 is 11.3 Å². The van der Waals surface area contributed by atoms with E-state index in [1.54, 1.807) is 11.3 Å². The molecule has 3 nitrogen and oxygen atoms in total. The molecule has 0 aromatic carbocycles. The Kier molecular flexibility index (Phi) is 2.56. The minimum atomic E-state index is -0.156. The van der Waals surface area contributed by atoms with Gasteiger partial charge in [0.15, 0.2) is 0 Å². The van der Waals surface area contributed by atoms with Crippen LogP contribution in [0.5, 0.6) is 0 Å². The second-order valence-corrected chi connectivity index (χ2v) is 4.84. The Morgan fingerprint density at radius 3 is 3.21 bits per heavy atom. The van der Waals surface area contributed by atoms with Crippen LogP contribution in [0.2, 0.25) is 0 Å². The van der Waals surface area contributed by atoms with Crippen molar-refractivity contribution < 1.29 is 4.79 Å². The van der Waals surface area contributed by atoms with Crippen LogP contribution < -0.4 is 11.3 Å². The Morgan fingerprint density at radius 2 is 2.50 bits per heavy atom. The number of hydrogen-bond acceptors (Lipinski definition) is 3. The van der Waals surface area contributed by atoms with E-state index in [2.05, 4.69) is 12.3 Å². The van der Waals surface area contributed by atoms with Crippen molar-refractivity contribution in [1.29, 1.82) is 0 Å². The summed E-state index contributed by atoms with van der Waals surface area (Å²) in [6, 6.07) is 0. The van der Waals surface area contributed by atoms with Gasteiger partial charge in [-0.1, -0.05) is 6.92 Å². The maximum Gasteiger partial charge on any atom is 0.266 e. The molecule has 1 aromatic heterocycles. The Labute approximate surface area is 87.3 Å². The van der Waals surface area contributed by atoms with Crippen LogP contribution in [0.15, 0.2) is 5.38 Å². The number of carbonyl (C=O) groups excluding carboxylic acids is 1. The SMILES string of the molecule is C[C@H]1CCc2c(C(=O)NN)csc2C1. The largest absolute Gasteiger partial charge is 0.290 e. The first-order valence-electron chi connectivity index (χ1n) is 4.82. The number of amides is 1. The molecule has 1 aliphatic rings. The van der Waals surface area contributed by atoms with Crippen molar-refractivity contribution in [1.82, 2.24) is 5.43 Å². The highest BCUT2D eigenvalue weighted by Crippen LogP contribution is 2.32. The zero-order valence-electron chi connectivity index (χ0n) is 8.17. The summed E-state index contributed by atoms with van der Waals surface area (Å²) in [5.74, 6) is 5.72. The van der Waals surface area contributed by atoms with Crippen molar-refractivity contribution in [3.63, 3.8) is 0 Å². The van der Waals surface area contributed by atoms with Gasteiger partial charge in [0.1, 0.15) is 0 Å². The van der Waals surface area contributed by atoms with E-state index < -0.39 is 0 Å². The number of hydrazine groups is 1. The maximum absolute atomic E-state index is 11.4. The average molecular weight is 210 g/mol. The quantitative estimate of drug-likeness (QED) is 0.419. The molecule has 0 bridgehead atoms. The van der Waals surface area contributed by atoms with Gasteiger partial charge < -0.3 is 0 Å². The van der Waals surface area contributed by atoms with Gasteiger partial charge in [-0.25, -0.2) is 5.84 Å². The van der Waals surface area contributed by atoms with Crippen LogP contribution in [0.3, 0.4) is 0 Å². The molecule has 0 saturated heterocycles. The molecule has 4 heteroatoms. The lowest BCUT2D eigenvalue weighted by Crippen LogP contribution is -2.30. The lowest BCUT2D eigenvalue weighted by Gasteiger charge is -2.18. The van der Waals surface area contributed by atoms with Crippen LogP contribution in [-0.2, 0) is 12.8 Å². The molecule has 0 fully saturated rings. The predicted molar refractivity (Wildman–Crippen MR) is 57.2 cm³/mol. The van der Waals surface area contributed by atoms with E-state index in [4.69, 9.17) is 5.84 Å². The van der Waals surface area contributed by atoms with Gasteiger partial charge in [0.05, 0.1) is 5.56 Å². The number of carbonyl (C=O) groups is 1. The fourth-order valence-electron chi connectivity index (χ4n) is 1.95. The highest BCUT2D eigenvalue weighted by Gasteiger charge is 2.22. The first-order valence-corrected chi connectivity index (χ1v) is 5.70. The van der Waals surface area contributed by atoms with E-state index in [-0.39, 0.29) is 5.91 Å². The fourth-order valence-corrected chi connectivity index (χ4v) is 3.19. The number of nitrogen functional groups attached to an aromatic ring is 1. The molecule has 0 unspecified atom stereocenters. The summed E-state index contributed by atoms with van der Waals surface area (Å²) < 4.78 is 0. The standard InChI is InChI=1S/C10H14N2OS/c1-6-2-3-7-8(10(13)12-11)5-14-9(7)4-6/h5-6H,2-4,11H2,1H3,(H,12,13)/t6-/m0/s1. The van der Waals surface area contributed by atoms with E-state index >= 15 is 0 Å². The van der Waals surface area contributed by atoms with E-state index in [0.29, 0.717) is 0 Å². The van der Waals surface area contributed by atoms with Crippen LogP contribution in [0, 0.1) is 5.92 Å². The monoisotopic (exact) mass is 210 g/mol. The average Bonchev–Trinajstić information content (AvgIpc) is 2.59. The molecule has 1 aromatic rings. The molecule has 0 spiro atoms. The Bertz CT molecular complexity index is 359. The minimum absolute atomic E-state index is 0.156. The Balaban J connectivity index is 2.33. The van der Waals surface area contributed by atoms with Gasteiger partial charge >= 0.3 is 0 Å². The summed E-state index contributed by atoms with van der Waals surface area (Å²) in [6.07, 6.45) is 3.30. The number of nitrogens with one attached hydrogen (secondary N) is 1. The number of nitrogens with two attached hydrogens (primary N) is 1. The third kappa shape index (κ3) is 1.55. The highest BCUT2D eigenvalue weighted by molar-refractivity contribution is 7.10. The van der Waals surface area contributed by atoms with Crippen molar-refractivity contribution in [2.45, 2.75) is 26.2 Å². The van der Waals surface area contributed by atoms with Crippen molar-refractivity contribution in [3.05, 3.63) is 21.4 Å². The lowest BCUT2D eigenvalue weighted by molar-refractivity contribution is 0.0953. The number of thiophene rings is 1. The van der Waals surface area contributed by atoms with Crippen LogP contribution in [-0.4, -0.2) is 5.91 Å². The summed E-state index contributed by atoms with van der Waals surface area (Å²) in [5.41, 5.74) is 4.19. The molecule has 1 aliphatic carbocycles. The summed E-state index contributed by atoms with van der Waals surface area (Å²) in [5, 5.41) is 1.92. The zero-order valence-corrected chi connectivity index (χ0v) is 8.99. The third-order valence-electron chi connectivity index (χ3n) is 2.78. The van der Waals surface area contributed by atoms with E-state index in [1.165, 1.54) is 16.9 Å². The molecule has 3 N–H and O–H groups in total. The maximum atomic E-state index is 11.4. The predicted octanol–water partition coefficient (Wildman–Crippen LogP) is 1.48. The highest BCUT2D eigenvalue weighted by atomic mass is 32.1. The molecule has 1 atom stereocenters. The molecule has 2 rings (SSSR count). The summed E-state index contributed by atoms with van der Waals surface area (Å²) in [4.78, 5) is 12.8. The molecule has 1 heterocycles. The second kappa shape index (κ2) is 3.71. The molecular formula is C10H14N2OS. The normalized spacial score (nSPS) is 20.3. The van der Waals surface area contributed by atoms with Crippen LogP contribution in [0.4, 0.5) is 0 Å². The molecule has 1 amide bonds. The molecule has 0 saturated carbocycles. The van der Waals surface area contributed by atoms with Gasteiger partial charge in [-0.15, -0.1) is 11.3 Å². The van der Waals surface area contributed by atoms with Crippen molar-refractivity contribution in [2.75, 3.05) is 0 Å². The van der Waals surface area contributed by atoms with Crippen LogP contribution in [0.25, 0.3) is 0 Å². The summed E-state index contributed by atoms with van der Waals surface area (Å²) in [6.45, 7) is 2.26. The topological polar surface area (TPSA) is 55.1 Å². The Morgan fingerprint density at radius 1 is 1.71 bits per heavy atom. The zero-order chi connectivity index (χ0) is 10.1. The van der Waals surface area contributed by atoms with Crippen molar-refractivity contribution in [2.24, 2.45) is 11.8 Å². The minimum Gasteiger partial charge on any atom is -0.290 e. The number of rotatable bonds is 1. The third-order valence-corrected chi connectivity index (χ3v) is 3.83. The Hall–Kier alpha value is -0.870. The van der Waals surface area contributed by atoms with Gasteiger partial charge in [0.2, 0.25) is 0 Å². The van der Waals surface area contributed by atoms with E-state index in [9.17, 15) is 4.79 Å². The van der Waals surface area contributed by atoms with E-state index in [0.717, 1.165) is 24.3 Å². The first-order chi connectivity index (χ1) is 6.72. The fraction of sp³-hybridized carbons (Fsp3) is 0.500. The second-order valence-electron chi connectivity index (χ2n) is 3.87. The molecule has 0 radical (unpaired) electrons. The summed E-state index contributed by atoms with van der Waals surface area (Å²) in [7, 11) is 0. The molecule has 76 valence electrons. The molecule has 0 aliphatic heterocycles. The number of hydrogen-bond donors (Lipinski definition) is 2. The first kappa shape index (κ1) is 9.68. The number of fused-ring (bicyclic) bond motifs is 1. The van der Waals surface area contributed by atoms with Gasteiger partial charge in [-0.2, -0.15) is 0 Å². The summed E-state index contributed by atoms with van der Waals surface area (Å²) >= 11 is 1.68. The van der Waals surface area contributed by atoms with Crippen LogP contribution in [0.1, 0.15) is 34.1 Å². The van der Waals surface area contributed by atoms with Gasteiger partial charge in [0, 0.05) is 10.3 Å². The van der Waals surface area contributed by atoms with Gasteiger partial charge in [-0.3, -0.25) is 10.2 Å². The van der Waals surface area contributed by atoms with Crippen molar-refractivity contribution in [3.8, 4) is 0 Å². The van der Waals surface area contributed by atoms with Crippen molar-refractivity contribution >= 4 is 17.2 Å². The van der Waals surface area contributed by atoms with Gasteiger partial charge in [-0.05, 0) is 30.7 Å².